The summed E-state index contributed by atoms with van der Waals surface area (Å²) >= 11 is 0. The Bertz CT molecular complexity index is 23.6. The van der Waals surface area contributed by atoms with Crippen molar-refractivity contribution in [1.82, 2.24) is 0 Å². The van der Waals surface area contributed by atoms with Gasteiger partial charge in [-0.1, -0.05) is 7.43 Å². The second-order valence-corrected chi connectivity index (χ2v) is 1.94. The minimum absolute atomic E-state index is 0. The predicted octanol–water partition coefficient (Wildman–Crippen LogP) is 1.28. The summed E-state index contributed by atoms with van der Waals surface area (Å²) < 4.78 is 0.500. The summed E-state index contributed by atoms with van der Waals surface area (Å²) in [6.45, 7) is 0. The SMILES string of the molecule is C.[CH2-][N+]([CH2-])(C)C.[Y]. The van der Waals surface area contributed by atoms with Crippen molar-refractivity contribution >= 4 is 0 Å². The molecule has 0 fully saturated rings. The van der Waals surface area contributed by atoms with Crippen LogP contribution < -0.4 is 0 Å². The molecule has 0 aromatic carbocycles. The van der Waals surface area contributed by atoms with E-state index in [2.05, 4.69) is 14.1 Å². The van der Waals surface area contributed by atoms with Crippen LogP contribution in [0.2, 0.25) is 0 Å². The fourth-order valence-electron chi connectivity index (χ4n) is 0. The Hall–Kier alpha value is 1.06. The van der Waals surface area contributed by atoms with E-state index in [1.54, 1.807) is 0 Å². The number of nitrogens with zero attached hydrogens (tertiary/aromatic N) is 1. The second-order valence-electron chi connectivity index (χ2n) is 1.94. The molecule has 2 heteroatoms. The zero-order valence-corrected chi connectivity index (χ0v) is 7.28. The number of hydrogen-bond donors (Lipinski definition) is 0. The predicted molar refractivity (Wildman–Crippen MR) is 29.6 cm³/mol. The molecule has 0 aromatic heterocycles. The first kappa shape index (κ1) is 15.7. The van der Waals surface area contributed by atoms with Crippen LogP contribution in [0.15, 0.2) is 0 Å². The van der Waals surface area contributed by atoms with Crippen LogP contribution in [-0.2, 0) is 32.7 Å². The molecule has 0 saturated carbocycles. The van der Waals surface area contributed by atoms with Gasteiger partial charge in [-0.2, -0.15) is 14.1 Å². The van der Waals surface area contributed by atoms with E-state index in [0.717, 1.165) is 0 Å². The fourth-order valence-corrected chi connectivity index (χ4v) is 0. The molecule has 1 nitrogen and oxygen atoms in total. The molecule has 0 bridgehead atoms. The van der Waals surface area contributed by atoms with Crippen LogP contribution in [0.4, 0.5) is 0 Å². The van der Waals surface area contributed by atoms with E-state index in [0.29, 0.717) is 4.48 Å². The summed E-state index contributed by atoms with van der Waals surface area (Å²) in [4.78, 5) is 0. The molecule has 0 spiro atoms. The molecule has 0 heterocycles. The molecule has 0 aromatic rings. The van der Waals surface area contributed by atoms with E-state index >= 15 is 0 Å². The van der Waals surface area contributed by atoms with Crippen molar-refractivity contribution in [2.75, 3.05) is 14.1 Å². The van der Waals surface area contributed by atoms with Crippen LogP contribution >= 0.6 is 0 Å². The Labute approximate surface area is 72.6 Å². The van der Waals surface area contributed by atoms with Crippen molar-refractivity contribution in [2.45, 2.75) is 7.43 Å². The van der Waals surface area contributed by atoms with Crippen molar-refractivity contribution in [3.8, 4) is 0 Å². The van der Waals surface area contributed by atoms with Crippen molar-refractivity contribution in [3.63, 3.8) is 0 Å². The zero-order chi connectivity index (χ0) is 4.50. The van der Waals surface area contributed by atoms with Crippen LogP contribution in [0.3, 0.4) is 0 Å². The van der Waals surface area contributed by atoms with Gasteiger partial charge in [-0.25, -0.2) is 0 Å². The third-order valence-corrected chi connectivity index (χ3v) is 0. The average Bonchev–Trinajstić information content (AvgIpc) is 0.722. The van der Waals surface area contributed by atoms with Crippen LogP contribution in [-0.4, -0.2) is 18.6 Å². The van der Waals surface area contributed by atoms with Crippen molar-refractivity contribution in [3.05, 3.63) is 14.1 Å². The van der Waals surface area contributed by atoms with Gasteiger partial charge in [0.15, 0.2) is 0 Å². The van der Waals surface area contributed by atoms with Gasteiger partial charge in [-0.15, -0.1) is 0 Å². The number of quaternary nitrogens is 1. The topological polar surface area (TPSA) is 0 Å². The summed E-state index contributed by atoms with van der Waals surface area (Å²) in [6.07, 6.45) is 0. The zero-order valence-electron chi connectivity index (χ0n) is 4.44. The summed E-state index contributed by atoms with van der Waals surface area (Å²) in [5, 5.41) is 0. The Morgan fingerprint density at radius 2 is 1.14 bits per heavy atom. The first-order valence-corrected chi connectivity index (χ1v) is 1.53. The molecule has 0 amide bonds. The van der Waals surface area contributed by atoms with Crippen LogP contribution in [0.25, 0.3) is 0 Å². The van der Waals surface area contributed by atoms with Gasteiger partial charge in [0.25, 0.3) is 0 Å². The molecule has 1 radical (unpaired) electrons. The third kappa shape index (κ3) is 160. The molecule has 0 aliphatic rings. The monoisotopic (exact) mass is 177 g/mol. The van der Waals surface area contributed by atoms with Gasteiger partial charge in [0.05, 0.1) is 0 Å². The third-order valence-electron chi connectivity index (χ3n) is 0. The molecule has 0 aliphatic heterocycles. The van der Waals surface area contributed by atoms with Crippen LogP contribution in [0.1, 0.15) is 7.43 Å². The first-order valence-electron chi connectivity index (χ1n) is 1.53. The number of hydrogen-bond acceptors (Lipinski definition) is 0. The quantitative estimate of drug-likeness (QED) is 0.386. The largest absolute Gasteiger partial charge is 0.600 e. The smallest absolute Gasteiger partial charge is 0.0202 e. The summed E-state index contributed by atoms with van der Waals surface area (Å²) in [7, 11) is 11.0. The van der Waals surface area contributed by atoms with E-state index in [-0.39, 0.29) is 40.1 Å². The maximum absolute atomic E-state index is 3.60. The standard InChI is InChI=1S/C4H10N.CH4.Y/c1-5(2,3)4;;/h1-2H2,3-4H3;1H4;/q-1;;. The Morgan fingerprint density at radius 3 is 1.14 bits per heavy atom. The van der Waals surface area contributed by atoms with Gasteiger partial charge in [-0.3, -0.25) is 0 Å². The van der Waals surface area contributed by atoms with Gasteiger partial charge in [0, 0.05) is 46.8 Å². The minimum atomic E-state index is 0. The van der Waals surface area contributed by atoms with Gasteiger partial charge >= 0.3 is 0 Å². The van der Waals surface area contributed by atoms with E-state index < -0.39 is 0 Å². The Morgan fingerprint density at radius 1 is 1.14 bits per heavy atom. The Kier molecular flexibility index (Phi) is 11.7. The van der Waals surface area contributed by atoms with Crippen molar-refractivity contribution in [2.24, 2.45) is 0 Å². The maximum Gasteiger partial charge on any atom is 0.0202 e. The second kappa shape index (κ2) is 5.21. The summed E-state index contributed by atoms with van der Waals surface area (Å²) in [5.41, 5.74) is 0. The van der Waals surface area contributed by atoms with Gasteiger partial charge < -0.3 is 4.48 Å². The molecule has 0 atom stereocenters. The van der Waals surface area contributed by atoms with E-state index in [9.17, 15) is 0 Å². The van der Waals surface area contributed by atoms with Crippen LogP contribution in [0, 0.1) is 14.1 Å². The molecule has 0 aliphatic carbocycles. The minimum Gasteiger partial charge on any atom is -0.600 e. The van der Waals surface area contributed by atoms with Crippen molar-refractivity contribution in [1.29, 1.82) is 0 Å². The van der Waals surface area contributed by atoms with Gasteiger partial charge in [0.1, 0.15) is 0 Å². The molecule has 0 rings (SSSR count). The normalized spacial score (nSPS) is 8.57. The fraction of sp³-hybridized carbons (Fsp3) is 0.600. The molecule has 0 unspecified atom stereocenters. The molecule has 0 N–H and O–H groups in total. The van der Waals surface area contributed by atoms with E-state index in [1.807, 2.05) is 14.1 Å². The molecule has 7 heavy (non-hydrogen) atoms. The van der Waals surface area contributed by atoms with Gasteiger partial charge in [-0.05, 0) is 0 Å². The van der Waals surface area contributed by atoms with Gasteiger partial charge in [0.2, 0.25) is 0 Å². The summed E-state index contributed by atoms with van der Waals surface area (Å²) in [5.74, 6) is 0. The molecular weight excluding hydrogens is 163 g/mol. The summed E-state index contributed by atoms with van der Waals surface area (Å²) in [6, 6.07) is 0. The van der Waals surface area contributed by atoms with Crippen molar-refractivity contribution < 1.29 is 37.2 Å². The molecule has 43 valence electrons. The maximum atomic E-state index is 3.60. The molecular formula is C5H14NY-. The van der Waals surface area contributed by atoms with E-state index in [4.69, 9.17) is 0 Å². The first-order chi connectivity index (χ1) is 2.00. The number of rotatable bonds is 0. The molecule has 0 saturated heterocycles. The Balaban J connectivity index is -0.0000000800. The van der Waals surface area contributed by atoms with E-state index in [1.165, 1.54) is 0 Å². The van der Waals surface area contributed by atoms with Crippen LogP contribution in [0.5, 0.6) is 0 Å². The average molecular weight is 177 g/mol.